The van der Waals surface area contributed by atoms with Crippen molar-refractivity contribution < 1.29 is 26.7 Å². The Kier molecular flexibility index (Phi) is 4.31. The zero-order valence-corrected chi connectivity index (χ0v) is 13.0. The molecular weight excluding hydrogens is 323 g/mol. The maximum Gasteiger partial charge on any atom is 0.417 e. The Morgan fingerprint density at radius 1 is 1.36 bits per heavy atom. The van der Waals surface area contributed by atoms with Gasteiger partial charge in [0, 0.05) is 19.0 Å². The van der Waals surface area contributed by atoms with Crippen molar-refractivity contribution in [3.8, 4) is 0 Å². The molecule has 2 N–H and O–H groups in total. The first-order valence-electron chi connectivity index (χ1n) is 6.81. The van der Waals surface area contributed by atoms with Crippen molar-refractivity contribution in [1.29, 1.82) is 0 Å². The van der Waals surface area contributed by atoms with E-state index in [-0.39, 0.29) is 10.9 Å². The number of aromatic nitrogens is 2. The average Bonchev–Trinajstić information content (AvgIpc) is 2.88. The first kappa shape index (κ1) is 17.2. The van der Waals surface area contributed by atoms with Gasteiger partial charge in [-0.15, -0.1) is 0 Å². The van der Waals surface area contributed by atoms with Crippen molar-refractivity contribution in [2.75, 3.05) is 13.1 Å². The van der Waals surface area contributed by atoms with E-state index in [1.165, 1.54) is 0 Å². The van der Waals surface area contributed by atoms with Gasteiger partial charge in [-0.2, -0.15) is 17.5 Å². The molecule has 0 unspecified atom stereocenters. The molecule has 0 aromatic carbocycles. The zero-order chi connectivity index (χ0) is 16.8. The van der Waals surface area contributed by atoms with E-state index in [9.17, 15) is 26.7 Å². The van der Waals surface area contributed by atoms with Crippen LogP contribution in [0.3, 0.4) is 0 Å². The van der Waals surface area contributed by atoms with Crippen molar-refractivity contribution >= 4 is 10.0 Å². The van der Waals surface area contributed by atoms with E-state index < -0.39 is 47.7 Å². The molecule has 0 saturated carbocycles. The number of nitrogens with one attached hydrogen (secondary N) is 1. The maximum atomic E-state index is 12.7. The highest BCUT2D eigenvalue weighted by atomic mass is 32.2. The number of sulfonamides is 1. The number of rotatable bonds is 3. The number of hydrogen-bond donors (Lipinski definition) is 2. The number of piperidine rings is 1. The topological polar surface area (TPSA) is 86.3 Å². The van der Waals surface area contributed by atoms with Gasteiger partial charge in [-0.25, -0.2) is 13.4 Å². The number of aromatic amines is 1. The molecule has 22 heavy (non-hydrogen) atoms. The standard InChI is InChI=1S/C12H18F3N3O3S/c1-8(2)10-16-7-9(17-10)22(20,21)18-5-3-11(19,4-6-18)12(13,14)15/h7-8,19H,3-6H2,1-2H3,(H,16,17). The quantitative estimate of drug-likeness (QED) is 0.875. The molecule has 2 heterocycles. The number of alkyl halides is 3. The van der Waals surface area contributed by atoms with Crippen molar-refractivity contribution in [3.63, 3.8) is 0 Å². The molecule has 0 amide bonds. The highest BCUT2D eigenvalue weighted by molar-refractivity contribution is 7.89. The molecule has 6 nitrogen and oxygen atoms in total. The molecule has 1 aliphatic heterocycles. The summed E-state index contributed by atoms with van der Waals surface area (Å²) >= 11 is 0. The lowest BCUT2D eigenvalue weighted by Gasteiger charge is -2.38. The fraction of sp³-hybridized carbons (Fsp3) is 0.750. The number of nitrogens with zero attached hydrogens (tertiary/aromatic N) is 2. The van der Waals surface area contributed by atoms with E-state index in [0.717, 1.165) is 10.5 Å². The second kappa shape index (κ2) is 5.50. The average molecular weight is 341 g/mol. The first-order chi connectivity index (χ1) is 9.97. The minimum atomic E-state index is -4.76. The molecule has 1 aromatic heterocycles. The summed E-state index contributed by atoms with van der Waals surface area (Å²) < 4.78 is 63.9. The number of aliphatic hydroxyl groups is 1. The number of H-pyrrole nitrogens is 1. The smallest absolute Gasteiger partial charge is 0.380 e. The Hall–Kier alpha value is -1.13. The van der Waals surface area contributed by atoms with Crippen LogP contribution in [0.4, 0.5) is 13.2 Å². The van der Waals surface area contributed by atoms with Crippen LogP contribution in [0.2, 0.25) is 0 Å². The largest absolute Gasteiger partial charge is 0.417 e. The van der Waals surface area contributed by atoms with Crippen molar-refractivity contribution in [2.45, 2.75) is 49.4 Å². The fourth-order valence-electron chi connectivity index (χ4n) is 2.26. The molecule has 1 fully saturated rings. The van der Waals surface area contributed by atoms with Crippen LogP contribution in [0.5, 0.6) is 0 Å². The fourth-order valence-corrected chi connectivity index (χ4v) is 3.62. The lowest BCUT2D eigenvalue weighted by atomic mass is 9.92. The SMILES string of the molecule is CC(C)c1ncc(S(=O)(=O)N2CCC(O)(C(F)(F)F)CC2)[nH]1. The molecular formula is C12H18F3N3O3S. The molecule has 0 aliphatic carbocycles. The van der Waals surface area contributed by atoms with Crippen LogP contribution < -0.4 is 0 Å². The molecule has 2 rings (SSSR count). The van der Waals surface area contributed by atoms with Gasteiger partial charge in [0.1, 0.15) is 5.82 Å². The highest BCUT2D eigenvalue weighted by Gasteiger charge is 2.55. The predicted molar refractivity (Wildman–Crippen MR) is 71.7 cm³/mol. The summed E-state index contributed by atoms with van der Waals surface area (Å²) in [5, 5.41) is 9.43. The first-order valence-corrected chi connectivity index (χ1v) is 8.25. The molecule has 0 atom stereocenters. The van der Waals surface area contributed by atoms with Crippen LogP contribution in [0.15, 0.2) is 11.2 Å². The number of halogens is 3. The Morgan fingerprint density at radius 2 is 1.91 bits per heavy atom. The third kappa shape index (κ3) is 2.99. The van der Waals surface area contributed by atoms with Crippen molar-refractivity contribution in [1.82, 2.24) is 14.3 Å². The lowest BCUT2D eigenvalue weighted by molar-refractivity contribution is -0.270. The van der Waals surface area contributed by atoms with Gasteiger partial charge in [0.05, 0.1) is 6.20 Å². The summed E-state index contributed by atoms with van der Waals surface area (Å²) in [5.41, 5.74) is -2.82. The lowest BCUT2D eigenvalue weighted by Crippen LogP contribution is -2.54. The van der Waals surface area contributed by atoms with Crippen molar-refractivity contribution in [3.05, 3.63) is 12.0 Å². The summed E-state index contributed by atoms with van der Waals surface area (Å²) in [7, 11) is -3.93. The van der Waals surface area contributed by atoms with Gasteiger partial charge in [-0.05, 0) is 12.8 Å². The normalized spacial score (nSPS) is 20.5. The molecule has 0 spiro atoms. The second-order valence-electron chi connectivity index (χ2n) is 5.72. The van der Waals surface area contributed by atoms with Crippen LogP contribution in [-0.2, 0) is 10.0 Å². The number of hydrogen-bond acceptors (Lipinski definition) is 4. The van der Waals surface area contributed by atoms with Gasteiger partial charge in [0.15, 0.2) is 10.6 Å². The maximum absolute atomic E-state index is 12.7. The molecule has 1 aromatic rings. The van der Waals surface area contributed by atoms with E-state index in [1.54, 1.807) is 0 Å². The van der Waals surface area contributed by atoms with Gasteiger partial charge in [0.2, 0.25) is 0 Å². The summed E-state index contributed by atoms with van der Waals surface area (Å²) in [4.78, 5) is 6.63. The monoisotopic (exact) mass is 341 g/mol. The van der Waals surface area contributed by atoms with Gasteiger partial charge in [0.25, 0.3) is 10.0 Å². The molecule has 1 aliphatic rings. The summed E-state index contributed by atoms with van der Waals surface area (Å²) in [6, 6.07) is 0. The van der Waals surface area contributed by atoms with E-state index >= 15 is 0 Å². The molecule has 126 valence electrons. The minimum Gasteiger partial charge on any atom is -0.380 e. The number of imidazole rings is 1. The Bertz CT molecular complexity index is 632. The highest BCUT2D eigenvalue weighted by Crippen LogP contribution is 2.39. The van der Waals surface area contributed by atoms with Crippen molar-refractivity contribution in [2.24, 2.45) is 0 Å². The second-order valence-corrected chi connectivity index (χ2v) is 7.63. The van der Waals surface area contributed by atoms with Crippen LogP contribution in [0.1, 0.15) is 38.4 Å². The Morgan fingerprint density at radius 3 is 2.32 bits per heavy atom. The minimum absolute atomic E-state index is 0.000580. The van der Waals surface area contributed by atoms with Crippen LogP contribution in [-0.4, -0.2) is 52.7 Å². The van der Waals surface area contributed by atoms with E-state index in [1.807, 2.05) is 13.8 Å². The summed E-state index contributed by atoms with van der Waals surface area (Å²) in [6.07, 6.45) is -4.96. The van der Waals surface area contributed by atoms with Crippen LogP contribution in [0, 0.1) is 0 Å². The van der Waals surface area contributed by atoms with Gasteiger partial charge < -0.3 is 10.1 Å². The van der Waals surface area contributed by atoms with Gasteiger partial charge >= 0.3 is 6.18 Å². The van der Waals surface area contributed by atoms with E-state index in [2.05, 4.69) is 9.97 Å². The van der Waals surface area contributed by atoms with E-state index in [4.69, 9.17) is 0 Å². The third-order valence-corrected chi connectivity index (χ3v) is 5.62. The van der Waals surface area contributed by atoms with Crippen LogP contribution in [0.25, 0.3) is 0 Å². The molecule has 0 bridgehead atoms. The summed E-state index contributed by atoms with van der Waals surface area (Å²) in [5.74, 6) is 0.489. The Balaban J connectivity index is 2.16. The zero-order valence-electron chi connectivity index (χ0n) is 12.2. The predicted octanol–water partition coefficient (Wildman–Crippen LogP) is 1.61. The molecule has 10 heteroatoms. The third-order valence-electron chi connectivity index (χ3n) is 3.81. The van der Waals surface area contributed by atoms with E-state index in [0.29, 0.717) is 5.82 Å². The van der Waals surface area contributed by atoms with Crippen LogP contribution >= 0.6 is 0 Å². The van der Waals surface area contributed by atoms with Gasteiger partial charge in [-0.3, -0.25) is 0 Å². The summed E-state index contributed by atoms with van der Waals surface area (Å²) in [6.45, 7) is 2.88. The molecule has 1 saturated heterocycles. The Labute approximate surface area is 126 Å². The molecule has 0 radical (unpaired) electrons. The van der Waals surface area contributed by atoms with Gasteiger partial charge in [-0.1, -0.05) is 13.8 Å².